The number of esters is 2. The van der Waals surface area contributed by atoms with E-state index in [9.17, 15) is 18.0 Å². The average Bonchev–Trinajstić information content (AvgIpc) is 2.36. The summed E-state index contributed by atoms with van der Waals surface area (Å²) in [7, 11) is -3.38. The van der Waals surface area contributed by atoms with Gasteiger partial charge in [0, 0.05) is 19.4 Å². The Kier molecular flexibility index (Phi) is 5.48. The summed E-state index contributed by atoms with van der Waals surface area (Å²) in [5.74, 6) is -1.22. The van der Waals surface area contributed by atoms with Crippen molar-refractivity contribution in [3.63, 3.8) is 0 Å². The van der Waals surface area contributed by atoms with Gasteiger partial charge in [0.25, 0.3) is 6.29 Å². The summed E-state index contributed by atoms with van der Waals surface area (Å²) in [6.07, 6.45) is -1.18. The summed E-state index contributed by atoms with van der Waals surface area (Å²) in [6.45, 7) is 5.55. The predicted molar refractivity (Wildman–Crippen MR) is 75.0 cm³/mol. The van der Waals surface area contributed by atoms with Crippen LogP contribution in [0.4, 0.5) is 0 Å². The highest BCUT2D eigenvalue weighted by Crippen LogP contribution is 2.23. The van der Waals surface area contributed by atoms with E-state index in [1.807, 2.05) is 0 Å². The van der Waals surface area contributed by atoms with E-state index < -0.39 is 33.3 Å². The second-order valence-electron chi connectivity index (χ2n) is 4.71. The molecule has 1 aromatic rings. The van der Waals surface area contributed by atoms with E-state index in [2.05, 4.69) is 0 Å². The van der Waals surface area contributed by atoms with Crippen molar-refractivity contribution in [3.8, 4) is 0 Å². The van der Waals surface area contributed by atoms with E-state index in [-0.39, 0.29) is 4.90 Å². The Hall–Kier alpha value is -1.89. The fourth-order valence-electron chi connectivity index (χ4n) is 1.55. The van der Waals surface area contributed by atoms with Crippen LogP contribution in [0.3, 0.4) is 0 Å². The van der Waals surface area contributed by atoms with E-state index >= 15 is 0 Å². The Morgan fingerprint density at radius 2 is 1.38 bits per heavy atom. The van der Waals surface area contributed by atoms with Crippen molar-refractivity contribution in [2.24, 2.45) is 0 Å². The molecule has 21 heavy (non-hydrogen) atoms. The Morgan fingerprint density at radius 3 is 1.71 bits per heavy atom. The number of hydrogen-bond donors (Lipinski definition) is 0. The van der Waals surface area contributed by atoms with Gasteiger partial charge >= 0.3 is 11.9 Å². The number of carbonyl (C=O) groups is 2. The van der Waals surface area contributed by atoms with Gasteiger partial charge in [0.05, 0.1) is 10.1 Å². The van der Waals surface area contributed by atoms with Crippen LogP contribution in [0.15, 0.2) is 29.2 Å². The normalized spacial score (nSPS) is 11.5. The SMILES string of the molecule is CC(=O)OC(OC(C)=O)c1ccc(S(=O)(=O)C(C)C)cc1. The second kappa shape index (κ2) is 6.71. The summed E-state index contributed by atoms with van der Waals surface area (Å²) < 4.78 is 33.8. The summed E-state index contributed by atoms with van der Waals surface area (Å²) in [4.78, 5) is 22.2. The van der Waals surface area contributed by atoms with Crippen molar-refractivity contribution in [1.82, 2.24) is 0 Å². The number of sulfone groups is 1. The Bertz CT molecular complexity index is 599. The molecule has 0 heterocycles. The van der Waals surface area contributed by atoms with Crippen LogP contribution < -0.4 is 0 Å². The van der Waals surface area contributed by atoms with Gasteiger partial charge in [-0.3, -0.25) is 9.59 Å². The fourth-order valence-corrected chi connectivity index (χ4v) is 2.61. The van der Waals surface area contributed by atoms with Gasteiger partial charge in [-0.15, -0.1) is 0 Å². The molecule has 116 valence electrons. The Balaban J connectivity index is 3.08. The minimum Gasteiger partial charge on any atom is -0.421 e. The van der Waals surface area contributed by atoms with Crippen LogP contribution in [0.5, 0.6) is 0 Å². The molecule has 0 atom stereocenters. The van der Waals surface area contributed by atoms with Crippen LogP contribution in [0, 0.1) is 0 Å². The van der Waals surface area contributed by atoms with Gasteiger partial charge in [0.1, 0.15) is 0 Å². The third-order valence-corrected chi connectivity index (χ3v) is 4.82. The molecule has 0 N–H and O–H groups in total. The van der Waals surface area contributed by atoms with Gasteiger partial charge in [0.2, 0.25) is 0 Å². The highest BCUT2D eigenvalue weighted by atomic mass is 32.2. The fraction of sp³-hybridized carbons (Fsp3) is 0.429. The average molecular weight is 314 g/mol. The monoisotopic (exact) mass is 314 g/mol. The molecular weight excluding hydrogens is 296 g/mol. The third-order valence-electron chi connectivity index (χ3n) is 2.65. The van der Waals surface area contributed by atoms with Gasteiger partial charge in [-0.05, 0) is 26.0 Å². The minimum absolute atomic E-state index is 0.158. The summed E-state index contributed by atoms with van der Waals surface area (Å²) in [6, 6.07) is 5.69. The molecule has 0 radical (unpaired) electrons. The first kappa shape index (κ1) is 17.2. The van der Waals surface area contributed by atoms with E-state index in [4.69, 9.17) is 9.47 Å². The maximum absolute atomic E-state index is 12.0. The zero-order valence-electron chi connectivity index (χ0n) is 12.3. The maximum Gasteiger partial charge on any atom is 0.305 e. The smallest absolute Gasteiger partial charge is 0.305 e. The molecule has 0 amide bonds. The quantitative estimate of drug-likeness (QED) is 0.610. The van der Waals surface area contributed by atoms with Crippen LogP contribution >= 0.6 is 0 Å². The molecule has 0 saturated carbocycles. The second-order valence-corrected chi connectivity index (χ2v) is 7.22. The van der Waals surface area contributed by atoms with Crippen molar-refractivity contribution >= 4 is 21.8 Å². The number of hydrogen-bond acceptors (Lipinski definition) is 6. The highest BCUT2D eigenvalue weighted by Gasteiger charge is 2.22. The number of carbonyl (C=O) groups excluding carboxylic acids is 2. The van der Waals surface area contributed by atoms with Crippen LogP contribution in [0.25, 0.3) is 0 Å². The van der Waals surface area contributed by atoms with Gasteiger partial charge in [0.15, 0.2) is 9.84 Å². The highest BCUT2D eigenvalue weighted by molar-refractivity contribution is 7.92. The molecule has 0 bridgehead atoms. The molecule has 0 aromatic heterocycles. The van der Waals surface area contributed by atoms with E-state index in [0.717, 1.165) is 0 Å². The number of ether oxygens (including phenoxy) is 2. The van der Waals surface area contributed by atoms with Gasteiger partial charge < -0.3 is 9.47 Å². The third kappa shape index (κ3) is 4.56. The van der Waals surface area contributed by atoms with Crippen LogP contribution in [0.1, 0.15) is 39.5 Å². The van der Waals surface area contributed by atoms with Crippen LogP contribution in [-0.4, -0.2) is 25.6 Å². The molecule has 6 nitrogen and oxygen atoms in total. The Labute approximate surface area is 124 Å². The molecule has 0 aliphatic carbocycles. The van der Waals surface area contributed by atoms with Crippen LogP contribution in [-0.2, 0) is 28.9 Å². The molecule has 0 fully saturated rings. The zero-order valence-corrected chi connectivity index (χ0v) is 13.1. The topological polar surface area (TPSA) is 86.7 Å². The molecular formula is C14H18O6S. The first-order chi connectivity index (χ1) is 9.64. The zero-order chi connectivity index (χ0) is 16.2. The predicted octanol–water partition coefficient (Wildman–Crippen LogP) is 1.99. The number of benzene rings is 1. The molecule has 1 rings (SSSR count). The molecule has 0 aliphatic heterocycles. The summed E-state index contributed by atoms with van der Waals surface area (Å²) >= 11 is 0. The molecule has 0 aliphatic rings. The van der Waals surface area contributed by atoms with Crippen molar-refractivity contribution in [3.05, 3.63) is 29.8 Å². The lowest BCUT2D eigenvalue weighted by Crippen LogP contribution is -2.16. The van der Waals surface area contributed by atoms with Crippen molar-refractivity contribution in [1.29, 1.82) is 0 Å². The molecule has 7 heteroatoms. The minimum atomic E-state index is -3.38. The lowest BCUT2D eigenvalue weighted by Gasteiger charge is -2.17. The van der Waals surface area contributed by atoms with Gasteiger partial charge in [-0.25, -0.2) is 8.42 Å². The van der Waals surface area contributed by atoms with Crippen molar-refractivity contribution in [2.75, 3.05) is 0 Å². The lowest BCUT2D eigenvalue weighted by molar-refractivity contribution is -0.186. The molecule has 1 aromatic carbocycles. The molecule has 0 spiro atoms. The van der Waals surface area contributed by atoms with E-state index in [1.165, 1.54) is 38.1 Å². The van der Waals surface area contributed by atoms with Crippen molar-refractivity contribution in [2.45, 2.75) is 44.1 Å². The van der Waals surface area contributed by atoms with E-state index in [0.29, 0.717) is 5.56 Å². The summed E-state index contributed by atoms with van der Waals surface area (Å²) in [5, 5.41) is -0.541. The maximum atomic E-state index is 12.0. The summed E-state index contributed by atoms with van der Waals surface area (Å²) in [5.41, 5.74) is 0.378. The van der Waals surface area contributed by atoms with Crippen molar-refractivity contribution < 1.29 is 27.5 Å². The molecule has 0 saturated heterocycles. The largest absolute Gasteiger partial charge is 0.421 e. The molecule has 0 unspecified atom stereocenters. The van der Waals surface area contributed by atoms with E-state index in [1.54, 1.807) is 13.8 Å². The van der Waals surface area contributed by atoms with Crippen LogP contribution in [0.2, 0.25) is 0 Å². The first-order valence-corrected chi connectivity index (χ1v) is 7.87. The standard InChI is InChI=1S/C14H18O6S/c1-9(2)21(17,18)13-7-5-12(6-8-13)14(19-10(3)15)20-11(4)16/h5-9,14H,1-4H3. The lowest BCUT2D eigenvalue weighted by atomic mass is 10.2. The first-order valence-electron chi connectivity index (χ1n) is 6.33. The number of rotatable bonds is 5. The van der Waals surface area contributed by atoms with Gasteiger partial charge in [-0.2, -0.15) is 0 Å². The Morgan fingerprint density at radius 1 is 0.952 bits per heavy atom. The van der Waals surface area contributed by atoms with Gasteiger partial charge in [-0.1, -0.05) is 12.1 Å².